The minimum absolute atomic E-state index is 0.0368. The molecule has 2 saturated heterocycles. The highest BCUT2D eigenvalue weighted by Crippen LogP contribution is 2.35. The van der Waals surface area contributed by atoms with Gasteiger partial charge >= 0.3 is 0 Å². The normalized spacial score (nSPS) is 23.8. The van der Waals surface area contributed by atoms with Crippen molar-refractivity contribution in [1.29, 1.82) is 0 Å². The SMILES string of the molecule is COc1ccccc1N1CCN(CC2CCC(=O)N(C(C)C)C2)CC1(C)C. The van der Waals surface area contributed by atoms with Gasteiger partial charge in [0.2, 0.25) is 5.91 Å². The molecule has 0 aliphatic carbocycles. The second-order valence-corrected chi connectivity index (χ2v) is 8.92. The molecule has 0 saturated carbocycles. The fourth-order valence-corrected chi connectivity index (χ4v) is 4.67. The molecule has 1 aromatic carbocycles. The Hall–Kier alpha value is -1.75. The second kappa shape index (κ2) is 8.09. The lowest BCUT2D eigenvalue weighted by Crippen LogP contribution is -2.60. The van der Waals surface area contributed by atoms with Crippen molar-refractivity contribution in [2.75, 3.05) is 44.7 Å². The van der Waals surface area contributed by atoms with Crippen LogP contribution in [0.1, 0.15) is 40.5 Å². The Labute approximate surface area is 164 Å². The maximum atomic E-state index is 12.1. The van der Waals surface area contributed by atoms with Crippen molar-refractivity contribution in [3.05, 3.63) is 24.3 Å². The van der Waals surface area contributed by atoms with E-state index in [2.05, 4.69) is 54.5 Å². The van der Waals surface area contributed by atoms with Crippen LogP contribution in [0.3, 0.4) is 0 Å². The van der Waals surface area contributed by atoms with Crippen molar-refractivity contribution in [1.82, 2.24) is 9.80 Å². The zero-order chi connectivity index (χ0) is 19.6. The summed E-state index contributed by atoms with van der Waals surface area (Å²) in [4.78, 5) is 19.3. The Balaban J connectivity index is 1.64. The summed E-state index contributed by atoms with van der Waals surface area (Å²) in [6.07, 6.45) is 1.72. The molecule has 0 N–H and O–H groups in total. The van der Waals surface area contributed by atoms with Crippen molar-refractivity contribution in [3.8, 4) is 5.75 Å². The number of hydrogen-bond donors (Lipinski definition) is 0. The molecule has 2 heterocycles. The number of rotatable bonds is 5. The number of carbonyl (C=O) groups excluding carboxylic acids is 1. The summed E-state index contributed by atoms with van der Waals surface area (Å²) < 4.78 is 5.59. The van der Waals surface area contributed by atoms with Gasteiger partial charge in [-0.1, -0.05) is 12.1 Å². The van der Waals surface area contributed by atoms with E-state index in [9.17, 15) is 4.79 Å². The average Bonchev–Trinajstić information content (AvgIpc) is 2.62. The number of benzene rings is 1. The summed E-state index contributed by atoms with van der Waals surface area (Å²) in [5.41, 5.74) is 1.22. The number of anilines is 1. The van der Waals surface area contributed by atoms with E-state index in [0.29, 0.717) is 24.3 Å². The van der Waals surface area contributed by atoms with Crippen LogP contribution in [0, 0.1) is 5.92 Å². The van der Waals surface area contributed by atoms with Gasteiger partial charge in [0.25, 0.3) is 0 Å². The predicted octanol–water partition coefficient (Wildman–Crippen LogP) is 3.24. The molecule has 5 heteroatoms. The van der Waals surface area contributed by atoms with Gasteiger partial charge in [-0.15, -0.1) is 0 Å². The predicted molar refractivity (Wildman–Crippen MR) is 110 cm³/mol. The van der Waals surface area contributed by atoms with Crippen molar-refractivity contribution < 1.29 is 9.53 Å². The number of nitrogens with zero attached hydrogens (tertiary/aromatic N) is 3. The van der Waals surface area contributed by atoms with E-state index >= 15 is 0 Å². The first-order valence-electron chi connectivity index (χ1n) is 10.2. The summed E-state index contributed by atoms with van der Waals surface area (Å²) in [5.74, 6) is 1.85. The molecule has 150 valence electrons. The summed E-state index contributed by atoms with van der Waals surface area (Å²) in [6.45, 7) is 13.9. The smallest absolute Gasteiger partial charge is 0.222 e. The lowest BCUT2D eigenvalue weighted by Gasteiger charge is -2.50. The Morgan fingerprint density at radius 3 is 2.63 bits per heavy atom. The molecule has 5 nitrogen and oxygen atoms in total. The minimum atomic E-state index is 0.0368. The molecule has 3 rings (SSSR count). The lowest BCUT2D eigenvalue weighted by atomic mass is 9.93. The molecule has 0 bridgehead atoms. The average molecular weight is 374 g/mol. The topological polar surface area (TPSA) is 36.0 Å². The third kappa shape index (κ3) is 4.40. The van der Waals surface area contributed by atoms with Crippen LogP contribution >= 0.6 is 0 Å². The Morgan fingerprint density at radius 2 is 1.96 bits per heavy atom. The van der Waals surface area contributed by atoms with Crippen molar-refractivity contribution in [3.63, 3.8) is 0 Å². The van der Waals surface area contributed by atoms with Gasteiger partial charge < -0.3 is 14.5 Å². The van der Waals surface area contributed by atoms with E-state index in [1.54, 1.807) is 7.11 Å². The van der Waals surface area contributed by atoms with Gasteiger partial charge in [0.1, 0.15) is 5.75 Å². The summed E-state index contributed by atoms with van der Waals surface area (Å²) >= 11 is 0. The number of likely N-dealkylation sites (tertiary alicyclic amines) is 1. The quantitative estimate of drug-likeness (QED) is 0.794. The first-order valence-corrected chi connectivity index (χ1v) is 10.2. The van der Waals surface area contributed by atoms with Crippen LogP contribution in [0.4, 0.5) is 5.69 Å². The van der Waals surface area contributed by atoms with E-state index in [0.717, 1.165) is 44.9 Å². The highest BCUT2D eigenvalue weighted by atomic mass is 16.5. The van der Waals surface area contributed by atoms with Gasteiger partial charge in [0, 0.05) is 50.7 Å². The fourth-order valence-electron chi connectivity index (χ4n) is 4.67. The van der Waals surface area contributed by atoms with E-state index < -0.39 is 0 Å². The standard InChI is InChI=1S/C22H35N3O2/c1-17(2)24-15-18(10-11-21(24)26)14-23-12-13-25(22(3,4)16-23)19-8-6-7-9-20(19)27-5/h6-9,17-18H,10-16H2,1-5H3. The number of ether oxygens (including phenoxy) is 1. The van der Waals surface area contributed by atoms with E-state index in [-0.39, 0.29) is 5.54 Å². The van der Waals surface area contributed by atoms with Gasteiger partial charge in [0.05, 0.1) is 12.8 Å². The number of piperazine rings is 1. The zero-order valence-corrected chi connectivity index (χ0v) is 17.6. The van der Waals surface area contributed by atoms with Crippen LogP contribution in [0.25, 0.3) is 0 Å². The Bertz CT molecular complexity index is 659. The Morgan fingerprint density at radius 1 is 1.22 bits per heavy atom. The van der Waals surface area contributed by atoms with Crippen LogP contribution in [0.5, 0.6) is 5.75 Å². The largest absolute Gasteiger partial charge is 0.495 e. The number of para-hydroxylation sites is 2. The molecule has 2 fully saturated rings. The fraction of sp³-hybridized carbons (Fsp3) is 0.682. The maximum absolute atomic E-state index is 12.1. The molecular weight excluding hydrogens is 338 g/mol. The second-order valence-electron chi connectivity index (χ2n) is 8.92. The number of piperidine rings is 1. The van der Waals surface area contributed by atoms with E-state index in [1.165, 1.54) is 5.69 Å². The monoisotopic (exact) mass is 373 g/mol. The lowest BCUT2D eigenvalue weighted by molar-refractivity contribution is -0.137. The van der Waals surface area contributed by atoms with Gasteiger partial charge in [0.15, 0.2) is 0 Å². The third-order valence-electron chi connectivity index (χ3n) is 6.04. The molecule has 0 radical (unpaired) electrons. The number of carbonyl (C=O) groups is 1. The highest BCUT2D eigenvalue weighted by molar-refractivity contribution is 5.77. The Kier molecular flexibility index (Phi) is 5.99. The van der Waals surface area contributed by atoms with Crippen LogP contribution in [-0.2, 0) is 4.79 Å². The maximum Gasteiger partial charge on any atom is 0.222 e. The van der Waals surface area contributed by atoms with E-state index in [1.807, 2.05) is 12.1 Å². The molecule has 2 aliphatic rings. The molecule has 2 aliphatic heterocycles. The molecule has 0 spiro atoms. The summed E-state index contributed by atoms with van der Waals surface area (Å²) in [5, 5.41) is 0. The van der Waals surface area contributed by atoms with Crippen LogP contribution in [0.2, 0.25) is 0 Å². The molecule has 1 atom stereocenters. The molecule has 1 aromatic rings. The molecule has 0 aromatic heterocycles. The van der Waals surface area contributed by atoms with Gasteiger partial charge in [-0.3, -0.25) is 9.69 Å². The van der Waals surface area contributed by atoms with Crippen molar-refractivity contribution in [2.45, 2.75) is 52.1 Å². The van der Waals surface area contributed by atoms with Gasteiger partial charge in [-0.05, 0) is 52.2 Å². The number of methoxy groups -OCH3 is 1. The first kappa shape index (κ1) is 20.0. The first-order chi connectivity index (χ1) is 12.8. The number of amides is 1. The van der Waals surface area contributed by atoms with Crippen molar-refractivity contribution in [2.24, 2.45) is 5.92 Å². The zero-order valence-electron chi connectivity index (χ0n) is 17.6. The summed E-state index contributed by atoms with van der Waals surface area (Å²) in [7, 11) is 1.74. The van der Waals surface area contributed by atoms with Crippen LogP contribution in [-0.4, -0.2) is 67.1 Å². The number of hydrogen-bond acceptors (Lipinski definition) is 4. The van der Waals surface area contributed by atoms with Crippen LogP contribution < -0.4 is 9.64 Å². The van der Waals surface area contributed by atoms with Gasteiger partial charge in [-0.2, -0.15) is 0 Å². The van der Waals surface area contributed by atoms with E-state index in [4.69, 9.17) is 4.74 Å². The van der Waals surface area contributed by atoms with Crippen molar-refractivity contribution >= 4 is 11.6 Å². The van der Waals surface area contributed by atoms with Gasteiger partial charge in [-0.25, -0.2) is 0 Å². The summed E-state index contributed by atoms with van der Waals surface area (Å²) in [6, 6.07) is 8.61. The minimum Gasteiger partial charge on any atom is -0.495 e. The van der Waals surface area contributed by atoms with Crippen LogP contribution in [0.15, 0.2) is 24.3 Å². The molecule has 1 unspecified atom stereocenters. The third-order valence-corrected chi connectivity index (χ3v) is 6.04. The molecular formula is C22H35N3O2. The highest BCUT2D eigenvalue weighted by Gasteiger charge is 2.36. The molecule has 27 heavy (non-hydrogen) atoms. The molecule has 1 amide bonds.